The second-order valence-electron chi connectivity index (χ2n) is 6.82. The molecule has 1 aliphatic heterocycles. The number of hydrogen-bond acceptors (Lipinski definition) is 5. The Labute approximate surface area is 165 Å². The van der Waals surface area contributed by atoms with Crippen molar-refractivity contribution in [3.8, 4) is 5.75 Å². The van der Waals surface area contributed by atoms with E-state index in [-0.39, 0.29) is 12.5 Å². The van der Waals surface area contributed by atoms with Crippen LogP contribution in [0.4, 0.5) is 0 Å². The summed E-state index contributed by atoms with van der Waals surface area (Å²) in [5, 5.41) is 0. The van der Waals surface area contributed by atoms with Crippen LogP contribution < -0.4 is 4.74 Å². The number of piperazine rings is 1. The maximum absolute atomic E-state index is 12.3. The highest BCUT2D eigenvalue weighted by Gasteiger charge is 2.23. The van der Waals surface area contributed by atoms with Gasteiger partial charge in [-0.3, -0.25) is 9.69 Å². The third-order valence-corrected chi connectivity index (χ3v) is 4.70. The number of benzene rings is 2. The van der Waals surface area contributed by atoms with Crippen LogP contribution in [0.3, 0.4) is 0 Å². The van der Waals surface area contributed by atoms with Gasteiger partial charge in [0.15, 0.2) is 12.7 Å². The third-order valence-electron chi connectivity index (χ3n) is 4.70. The van der Waals surface area contributed by atoms with Crippen molar-refractivity contribution in [3.63, 3.8) is 0 Å². The predicted octanol–water partition coefficient (Wildman–Crippen LogP) is 2.34. The second-order valence-corrected chi connectivity index (χ2v) is 6.82. The molecule has 6 nitrogen and oxygen atoms in total. The first kappa shape index (κ1) is 19.9. The molecule has 1 fully saturated rings. The van der Waals surface area contributed by atoms with E-state index >= 15 is 0 Å². The van der Waals surface area contributed by atoms with Crippen molar-refractivity contribution in [1.29, 1.82) is 0 Å². The first-order valence-corrected chi connectivity index (χ1v) is 9.54. The molecule has 0 aliphatic carbocycles. The molecule has 1 saturated heterocycles. The van der Waals surface area contributed by atoms with Gasteiger partial charge in [0, 0.05) is 32.7 Å². The number of esters is 1. The van der Waals surface area contributed by atoms with Crippen molar-refractivity contribution >= 4 is 11.9 Å². The molecule has 0 spiro atoms. The monoisotopic (exact) mass is 382 g/mol. The van der Waals surface area contributed by atoms with Crippen molar-refractivity contribution in [2.45, 2.75) is 19.6 Å². The van der Waals surface area contributed by atoms with E-state index in [9.17, 15) is 9.59 Å². The largest absolute Gasteiger partial charge is 0.479 e. The molecule has 0 bridgehead atoms. The van der Waals surface area contributed by atoms with Crippen molar-refractivity contribution in [2.75, 3.05) is 32.8 Å². The van der Waals surface area contributed by atoms with Gasteiger partial charge < -0.3 is 14.4 Å². The zero-order valence-corrected chi connectivity index (χ0v) is 16.1. The van der Waals surface area contributed by atoms with Crippen molar-refractivity contribution < 1.29 is 19.1 Å². The fraction of sp³-hybridized carbons (Fsp3) is 0.364. The third kappa shape index (κ3) is 5.82. The number of carbonyl (C=O) groups excluding carboxylic acids is 2. The lowest BCUT2D eigenvalue weighted by atomic mass is 10.2. The summed E-state index contributed by atoms with van der Waals surface area (Å²) in [5.41, 5.74) is 1.27. The summed E-state index contributed by atoms with van der Waals surface area (Å²) in [5.74, 6) is -0.118. The van der Waals surface area contributed by atoms with Crippen molar-refractivity contribution in [2.24, 2.45) is 0 Å². The Morgan fingerprint density at radius 1 is 0.929 bits per heavy atom. The number of ether oxygens (including phenoxy) is 2. The topological polar surface area (TPSA) is 59.1 Å². The molecule has 1 heterocycles. The lowest BCUT2D eigenvalue weighted by Gasteiger charge is -2.34. The zero-order valence-electron chi connectivity index (χ0n) is 16.1. The molecule has 2 aromatic carbocycles. The van der Waals surface area contributed by atoms with E-state index in [2.05, 4.69) is 17.0 Å². The normalized spacial score (nSPS) is 15.7. The van der Waals surface area contributed by atoms with Crippen LogP contribution in [-0.2, 0) is 20.9 Å². The molecule has 3 rings (SSSR count). The van der Waals surface area contributed by atoms with Crippen LogP contribution in [0.25, 0.3) is 0 Å². The minimum Gasteiger partial charge on any atom is -0.479 e. The van der Waals surface area contributed by atoms with Crippen LogP contribution in [0.15, 0.2) is 60.7 Å². The average molecular weight is 382 g/mol. The Hall–Kier alpha value is -2.86. The van der Waals surface area contributed by atoms with E-state index in [4.69, 9.17) is 9.47 Å². The second kappa shape index (κ2) is 9.90. The van der Waals surface area contributed by atoms with E-state index in [0.717, 1.165) is 19.6 Å². The number of nitrogens with zero attached hydrogens (tertiary/aromatic N) is 2. The SMILES string of the molecule is CC(Oc1ccccc1)C(=O)OCC(=O)N1CCN(Cc2ccccc2)CC1. The first-order chi connectivity index (χ1) is 13.6. The lowest BCUT2D eigenvalue weighted by molar-refractivity contribution is -0.158. The first-order valence-electron chi connectivity index (χ1n) is 9.54. The Balaban J connectivity index is 1.37. The van der Waals surface area contributed by atoms with Gasteiger partial charge in [-0.2, -0.15) is 0 Å². The standard InChI is InChI=1S/C22H26N2O4/c1-18(28-20-10-6-3-7-11-20)22(26)27-17-21(25)24-14-12-23(13-15-24)16-19-8-4-2-5-9-19/h2-11,18H,12-17H2,1H3. The van der Waals surface area contributed by atoms with E-state index in [1.807, 2.05) is 36.4 Å². The maximum atomic E-state index is 12.3. The number of carbonyl (C=O) groups is 2. The molecular formula is C22H26N2O4. The van der Waals surface area contributed by atoms with Gasteiger partial charge in [-0.05, 0) is 24.6 Å². The lowest BCUT2D eigenvalue weighted by Crippen LogP contribution is -2.49. The van der Waals surface area contributed by atoms with Crippen molar-refractivity contribution in [3.05, 3.63) is 66.2 Å². The Kier molecular flexibility index (Phi) is 7.03. The average Bonchev–Trinajstić information content (AvgIpc) is 2.73. The molecule has 1 amide bonds. The molecule has 28 heavy (non-hydrogen) atoms. The van der Waals surface area contributed by atoms with Gasteiger partial charge in [-0.25, -0.2) is 4.79 Å². The van der Waals surface area contributed by atoms with E-state index in [0.29, 0.717) is 18.8 Å². The Morgan fingerprint density at radius 3 is 2.18 bits per heavy atom. The molecule has 1 unspecified atom stereocenters. The molecule has 6 heteroatoms. The minimum atomic E-state index is -0.766. The molecule has 2 aromatic rings. The number of amides is 1. The fourth-order valence-electron chi connectivity index (χ4n) is 3.09. The maximum Gasteiger partial charge on any atom is 0.347 e. The summed E-state index contributed by atoms with van der Waals surface area (Å²) in [7, 11) is 0. The number of rotatable bonds is 7. The highest BCUT2D eigenvalue weighted by molar-refractivity contribution is 5.82. The summed E-state index contributed by atoms with van der Waals surface area (Å²) in [6, 6.07) is 19.3. The van der Waals surface area contributed by atoms with Crippen LogP contribution >= 0.6 is 0 Å². The van der Waals surface area contributed by atoms with E-state index in [1.165, 1.54) is 5.56 Å². The summed E-state index contributed by atoms with van der Waals surface area (Å²) in [6.45, 7) is 5.14. The minimum absolute atomic E-state index is 0.167. The molecule has 148 valence electrons. The Morgan fingerprint density at radius 2 is 1.54 bits per heavy atom. The number of hydrogen-bond donors (Lipinski definition) is 0. The molecule has 0 N–H and O–H groups in total. The van der Waals surface area contributed by atoms with Crippen LogP contribution in [0.1, 0.15) is 12.5 Å². The smallest absolute Gasteiger partial charge is 0.347 e. The van der Waals surface area contributed by atoms with Gasteiger partial charge >= 0.3 is 5.97 Å². The van der Waals surface area contributed by atoms with Crippen LogP contribution in [-0.4, -0.2) is 60.6 Å². The van der Waals surface area contributed by atoms with Gasteiger partial charge in [0.25, 0.3) is 5.91 Å². The molecule has 0 aromatic heterocycles. The summed E-state index contributed by atoms with van der Waals surface area (Å²) < 4.78 is 10.7. The van der Waals surface area contributed by atoms with Gasteiger partial charge in [-0.1, -0.05) is 48.5 Å². The van der Waals surface area contributed by atoms with E-state index < -0.39 is 12.1 Å². The summed E-state index contributed by atoms with van der Waals surface area (Å²) in [4.78, 5) is 28.5. The molecule has 1 atom stereocenters. The summed E-state index contributed by atoms with van der Waals surface area (Å²) in [6.07, 6.45) is -0.766. The number of para-hydroxylation sites is 1. The predicted molar refractivity (Wildman–Crippen MR) is 106 cm³/mol. The molecule has 0 radical (unpaired) electrons. The highest BCUT2D eigenvalue weighted by atomic mass is 16.6. The quantitative estimate of drug-likeness (QED) is 0.688. The molecule has 1 aliphatic rings. The molecular weight excluding hydrogens is 356 g/mol. The summed E-state index contributed by atoms with van der Waals surface area (Å²) >= 11 is 0. The molecule has 0 saturated carbocycles. The van der Waals surface area contributed by atoms with Gasteiger partial charge in [0.1, 0.15) is 5.75 Å². The van der Waals surface area contributed by atoms with Crippen LogP contribution in [0.2, 0.25) is 0 Å². The van der Waals surface area contributed by atoms with Gasteiger partial charge in [0.2, 0.25) is 0 Å². The van der Waals surface area contributed by atoms with Crippen LogP contribution in [0.5, 0.6) is 5.75 Å². The Bertz CT molecular complexity index is 759. The van der Waals surface area contributed by atoms with Crippen LogP contribution in [0, 0.1) is 0 Å². The zero-order chi connectivity index (χ0) is 19.8. The van der Waals surface area contributed by atoms with E-state index in [1.54, 1.807) is 24.0 Å². The van der Waals surface area contributed by atoms with Gasteiger partial charge in [0.05, 0.1) is 0 Å². The fourth-order valence-corrected chi connectivity index (χ4v) is 3.09. The highest BCUT2D eigenvalue weighted by Crippen LogP contribution is 2.12. The van der Waals surface area contributed by atoms with Gasteiger partial charge in [-0.15, -0.1) is 0 Å². The van der Waals surface area contributed by atoms with Crippen molar-refractivity contribution in [1.82, 2.24) is 9.80 Å².